The summed E-state index contributed by atoms with van der Waals surface area (Å²) < 4.78 is 11.9. The molecule has 3 aromatic carbocycles. The first-order chi connectivity index (χ1) is 17.0. The van der Waals surface area contributed by atoms with Gasteiger partial charge in [0.1, 0.15) is 0 Å². The van der Waals surface area contributed by atoms with Crippen LogP contribution in [0.15, 0.2) is 77.6 Å². The second-order valence-electron chi connectivity index (χ2n) is 7.59. The molecular weight excluding hydrogens is 444 g/mol. The number of para-hydroxylation sites is 1. The van der Waals surface area contributed by atoms with Crippen molar-refractivity contribution in [3.63, 3.8) is 0 Å². The lowest BCUT2D eigenvalue weighted by atomic mass is 10.1. The zero-order valence-electron chi connectivity index (χ0n) is 19.3. The molecule has 7 heteroatoms. The van der Waals surface area contributed by atoms with Crippen molar-refractivity contribution in [2.45, 2.75) is 0 Å². The molecule has 0 radical (unpaired) electrons. The maximum absolute atomic E-state index is 13.1. The van der Waals surface area contributed by atoms with Crippen LogP contribution >= 0.6 is 0 Å². The van der Waals surface area contributed by atoms with E-state index < -0.39 is 5.69 Å². The maximum Gasteiger partial charge on any atom is 0.353 e. The molecule has 0 amide bonds. The van der Waals surface area contributed by atoms with Gasteiger partial charge < -0.3 is 19.7 Å². The Labute approximate surface area is 202 Å². The number of phenols is 2. The molecule has 0 aliphatic carbocycles. The molecule has 0 atom stereocenters. The van der Waals surface area contributed by atoms with Crippen molar-refractivity contribution in [1.29, 1.82) is 0 Å². The van der Waals surface area contributed by atoms with Gasteiger partial charge in [-0.05, 0) is 65.7 Å². The van der Waals surface area contributed by atoms with Gasteiger partial charge in [-0.1, -0.05) is 42.5 Å². The van der Waals surface area contributed by atoms with Gasteiger partial charge in [0.05, 0.1) is 31.3 Å². The lowest BCUT2D eigenvalue weighted by Gasteiger charge is -2.11. The summed E-state index contributed by atoms with van der Waals surface area (Å²) in [4.78, 5) is 17.3. The topological polar surface area (TPSA) is 93.8 Å². The Balaban J connectivity index is 1.76. The van der Waals surface area contributed by atoms with Gasteiger partial charge in [0.25, 0.3) is 0 Å². The monoisotopic (exact) mass is 468 g/mol. The molecule has 7 nitrogen and oxygen atoms in total. The number of benzene rings is 3. The molecule has 4 rings (SSSR count). The molecular formula is C28H24N2O5. The highest BCUT2D eigenvalue weighted by atomic mass is 16.5. The van der Waals surface area contributed by atoms with E-state index in [0.29, 0.717) is 28.6 Å². The van der Waals surface area contributed by atoms with Gasteiger partial charge in [-0.15, -0.1) is 0 Å². The summed E-state index contributed by atoms with van der Waals surface area (Å²) in [5.74, 6) is 0.808. The van der Waals surface area contributed by atoms with Crippen molar-refractivity contribution in [1.82, 2.24) is 9.55 Å². The van der Waals surface area contributed by atoms with Gasteiger partial charge in [0, 0.05) is 0 Å². The third-order valence-electron chi connectivity index (χ3n) is 5.29. The molecule has 0 saturated heterocycles. The second kappa shape index (κ2) is 10.4. The Hall–Kier alpha value is -4.78. The van der Waals surface area contributed by atoms with E-state index in [1.807, 2.05) is 42.5 Å². The van der Waals surface area contributed by atoms with Gasteiger partial charge >= 0.3 is 5.69 Å². The van der Waals surface area contributed by atoms with Crippen molar-refractivity contribution >= 4 is 24.3 Å². The Morgan fingerprint density at radius 2 is 1.31 bits per heavy atom. The Bertz CT molecular complexity index is 1460. The zero-order valence-corrected chi connectivity index (χ0v) is 19.3. The Morgan fingerprint density at radius 1 is 0.743 bits per heavy atom. The van der Waals surface area contributed by atoms with E-state index in [1.165, 1.54) is 18.8 Å². The predicted molar refractivity (Wildman–Crippen MR) is 137 cm³/mol. The summed E-state index contributed by atoms with van der Waals surface area (Å²) >= 11 is 0. The Morgan fingerprint density at radius 3 is 1.89 bits per heavy atom. The summed E-state index contributed by atoms with van der Waals surface area (Å²) in [6.45, 7) is 0. The number of rotatable bonds is 7. The van der Waals surface area contributed by atoms with Crippen LogP contribution in [0.5, 0.6) is 23.0 Å². The third kappa shape index (κ3) is 5.42. The van der Waals surface area contributed by atoms with E-state index >= 15 is 0 Å². The minimum absolute atomic E-state index is 0.0477. The number of ether oxygens (including phenoxy) is 2. The van der Waals surface area contributed by atoms with Crippen LogP contribution in [-0.2, 0) is 0 Å². The standard InChI is InChI=1S/C28H24N2O5/c1-34-26-16-19(10-14-24(26)31)8-12-21-18-23(13-9-20-11-15-25(32)27(17-20)35-2)30(28(33)29-21)22-6-4-3-5-7-22/h3-18,31-32H,1-2H3/b12-8+,13-9+. The quantitative estimate of drug-likeness (QED) is 0.396. The van der Waals surface area contributed by atoms with Crippen LogP contribution in [0.3, 0.4) is 0 Å². The number of phenolic OH excluding ortho intramolecular Hbond substituents is 2. The first-order valence-electron chi connectivity index (χ1n) is 10.8. The fraction of sp³-hybridized carbons (Fsp3) is 0.0714. The van der Waals surface area contributed by atoms with Crippen LogP contribution in [0.4, 0.5) is 0 Å². The summed E-state index contributed by atoms with van der Waals surface area (Å²) in [5, 5.41) is 19.7. The first kappa shape index (κ1) is 23.4. The van der Waals surface area contributed by atoms with Crippen LogP contribution in [-0.4, -0.2) is 34.0 Å². The van der Waals surface area contributed by atoms with Crippen LogP contribution in [0.1, 0.15) is 22.5 Å². The van der Waals surface area contributed by atoms with Crippen LogP contribution in [0.25, 0.3) is 30.0 Å². The molecule has 0 aliphatic heterocycles. The van der Waals surface area contributed by atoms with Crippen molar-refractivity contribution < 1.29 is 19.7 Å². The number of hydrogen-bond acceptors (Lipinski definition) is 6. The SMILES string of the molecule is COc1cc(/C=C/c2cc(/C=C/c3ccc(O)c(OC)c3)n(-c3ccccc3)c(=O)n2)ccc1O. The largest absolute Gasteiger partial charge is 0.504 e. The highest BCUT2D eigenvalue weighted by Gasteiger charge is 2.08. The summed E-state index contributed by atoms with van der Waals surface area (Å²) in [7, 11) is 2.97. The van der Waals surface area contributed by atoms with E-state index in [0.717, 1.165) is 11.1 Å². The fourth-order valence-electron chi connectivity index (χ4n) is 3.52. The normalized spacial score (nSPS) is 11.3. The van der Waals surface area contributed by atoms with Crippen LogP contribution < -0.4 is 15.2 Å². The molecule has 2 N–H and O–H groups in total. The number of aromatic nitrogens is 2. The zero-order chi connectivity index (χ0) is 24.8. The predicted octanol–water partition coefficient (Wildman–Crippen LogP) is 5.00. The van der Waals surface area contributed by atoms with Gasteiger partial charge in [0.2, 0.25) is 0 Å². The molecule has 0 saturated carbocycles. The van der Waals surface area contributed by atoms with Gasteiger partial charge in [-0.2, -0.15) is 4.98 Å². The minimum atomic E-state index is -0.426. The van der Waals surface area contributed by atoms with Crippen molar-refractivity contribution in [3.8, 4) is 28.7 Å². The van der Waals surface area contributed by atoms with Crippen LogP contribution in [0, 0.1) is 0 Å². The molecule has 35 heavy (non-hydrogen) atoms. The van der Waals surface area contributed by atoms with E-state index in [4.69, 9.17) is 9.47 Å². The van der Waals surface area contributed by atoms with Gasteiger partial charge in [-0.3, -0.25) is 4.57 Å². The second-order valence-corrected chi connectivity index (χ2v) is 7.59. The maximum atomic E-state index is 13.1. The van der Waals surface area contributed by atoms with E-state index in [9.17, 15) is 15.0 Å². The van der Waals surface area contributed by atoms with Crippen molar-refractivity contribution in [2.24, 2.45) is 0 Å². The number of hydrogen-bond donors (Lipinski definition) is 2. The number of aromatic hydroxyl groups is 2. The highest BCUT2D eigenvalue weighted by Crippen LogP contribution is 2.28. The van der Waals surface area contributed by atoms with E-state index in [1.54, 1.807) is 54.6 Å². The molecule has 1 heterocycles. The van der Waals surface area contributed by atoms with Gasteiger partial charge in [-0.25, -0.2) is 4.79 Å². The number of methoxy groups -OCH3 is 2. The molecule has 0 unspecified atom stereocenters. The number of nitrogens with zero attached hydrogens (tertiary/aromatic N) is 2. The smallest absolute Gasteiger partial charge is 0.353 e. The lowest BCUT2D eigenvalue weighted by molar-refractivity contribution is 0.373. The van der Waals surface area contributed by atoms with E-state index in [-0.39, 0.29) is 11.5 Å². The highest BCUT2D eigenvalue weighted by molar-refractivity contribution is 5.73. The van der Waals surface area contributed by atoms with Crippen LogP contribution in [0.2, 0.25) is 0 Å². The molecule has 0 spiro atoms. The van der Waals surface area contributed by atoms with Gasteiger partial charge in [0.15, 0.2) is 23.0 Å². The first-order valence-corrected chi connectivity index (χ1v) is 10.8. The van der Waals surface area contributed by atoms with E-state index in [2.05, 4.69) is 4.98 Å². The van der Waals surface area contributed by atoms with Crippen molar-refractivity contribution in [2.75, 3.05) is 14.2 Å². The summed E-state index contributed by atoms with van der Waals surface area (Å²) in [6.07, 6.45) is 7.15. The summed E-state index contributed by atoms with van der Waals surface area (Å²) in [5.41, 5.74) is 2.92. The lowest BCUT2D eigenvalue weighted by Crippen LogP contribution is -2.24. The molecule has 4 aromatic rings. The Kier molecular flexibility index (Phi) is 6.97. The molecule has 0 aliphatic rings. The average Bonchev–Trinajstić information content (AvgIpc) is 2.88. The molecule has 176 valence electrons. The fourth-order valence-corrected chi connectivity index (χ4v) is 3.52. The minimum Gasteiger partial charge on any atom is -0.504 e. The average molecular weight is 469 g/mol. The molecule has 0 bridgehead atoms. The van der Waals surface area contributed by atoms with Crippen molar-refractivity contribution in [3.05, 3.63) is 106 Å². The summed E-state index contributed by atoms with van der Waals surface area (Å²) in [6, 6.07) is 21.0. The molecule has 1 aromatic heterocycles. The molecule has 0 fully saturated rings. The third-order valence-corrected chi connectivity index (χ3v) is 5.29.